The van der Waals surface area contributed by atoms with Crippen molar-refractivity contribution in [3.05, 3.63) is 29.7 Å². The van der Waals surface area contributed by atoms with Crippen molar-refractivity contribution in [3.63, 3.8) is 0 Å². The maximum absolute atomic E-state index is 5.65. The van der Waals surface area contributed by atoms with E-state index in [4.69, 9.17) is 5.73 Å². The minimum atomic E-state index is 0.685. The van der Waals surface area contributed by atoms with Gasteiger partial charge in [-0.1, -0.05) is 6.32 Å². The fourth-order valence-electron chi connectivity index (χ4n) is 2.05. The Labute approximate surface area is 102 Å². The van der Waals surface area contributed by atoms with Crippen LogP contribution in [0.1, 0.15) is 11.4 Å². The standard InChI is InChI=1S/C12H17BN4/c1-8-12(9(2)17(16-8)6-5-13)11-4-3-10(14)7-15-11/h3-4,7H,5-6,13-14H2,1-2H3. The van der Waals surface area contributed by atoms with Gasteiger partial charge in [0.1, 0.15) is 7.85 Å². The number of nitrogens with zero attached hydrogens (tertiary/aromatic N) is 3. The fourth-order valence-corrected chi connectivity index (χ4v) is 2.05. The maximum atomic E-state index is 5.65. The lowest BCUT2D eigenvalue weighted by Gasteiger charge is -2.03. The first-order valence-corrected chi connectivity index (χ1v) is 5.89. The number of hydrogen-bond acceptors (Lipinski definition) is 3. The first-order valence-electron chi connectivity index (χ1n) is 5.89. The van der Waals surface area contributed by atoms with E-state index in [1.54, 1.807) is 6.20 Å². The lowest BCUT2D eigenvalue weighted by molar-refractivity contribution is 0.634. The second-order valence-electron chi connectivity index (χ2n) is 4.25. The molecule has 0 fully saturated rings. The van der Waals surface area contributed by atoms with Gasteiger partial charge in [-0.2, -0.15) is 5.10 Å². The van der Waals surface area contributed by atoms with Crippen LogP contribution < -0.4 is 5.73 Å². The van der Waals surface area contributed by atoms with Gasteiger partial charge in [-0.25, -0.2) is 0 Å². The number of nitrogen functional groups attached to an aromatic ring is 1. The van der Waals surface area contributed by atoms with Crippen LogP contribution in [-0.4, -0.2) is 22.6 Å². The summed E-state index contributed by atoms with van der Waals surface area (Å²) in [6, 6.07) is 3.82. The van der Waals surface area contributed by atoms with E-state index in [0.29, 0.717) is 5.69 Å². The van der Waals surface area contributed by atoms with E-state index in [1.165, 1.54) is 5.69 Å². The minimum absolute atomic E-state index is 0.685. The smallest absolute Gasteiger partial charge is 0.103 e. The van der Waals surface area contributed by atoms with Crippen LogP contribution in [0.2, 0.25) is 6.32 Å². The Kier molecular flexibility index (Phi) is 3.18. The lowest BCUT2D eigenvalue weighted by Crippen LogP contribution is -2.01. The average molecular weight is 228 g/mol. The molecule has 0 bridgehead atoms. The predicted octanol–water partition coefficient (Wildman–Crippen LogP) is 1.20. The van der Waals surface area contributed by atoms with Crippen LogP contribution in [0.25, 0.3) is 11.3 Å². The van der Waals surface area contributed by atoms with Crippen LogP contribution in [0.3, 0.4) is 0 Å². The molecule has 0 radical (unpaired) electrons. The van der Waals surface area contributed by atoms with Gasteiger partial charge in [0.25, 0.3) is 0 Å². The Hall–Kier alpha value is -1.78. The Balaban J connectivity index is 2.48. The van der Waals surface area contributed by atoms with Gasteiger partial charge in [0.05, 0.1) is 23.3 Å². The van der Waals surface area contributed by atoms with E-state index in [-0.39, 0.29) is 0 Å². The topological polar surface area (TPSA) is 56.7 Å². The quantitative estimate of drug-likeness (QED) is 0.803. The van der Waals surface area contributed by atoms with Crippen LogP contribution >= 0.6 is 0 Å². The summed E-state index contributed by atoms with van der Waals surface area (Å²) in [5.74, 6) is 0. The fraction of sp³-hybridized carbons (Fsp3) is 0.333. The van der Waals surface area contributed by atoms with Crippen molar-refractivity contribution in [3.8, 4) is 11.3 Å². The van der Waals surface area contributed by atoms with Crippen molar-refractivity contribution in [2.24, 2.45) is 0 Å². The van der Waals surface area contributed by atoms with Crippen molar-refractivity contribution < 1.29 is 0 Å². The highest BCUT2D eigenvalue weighted by Crippen LogP contribution is 2.25. The highest BCUT2D eigenvalue weighted by atomic mass is 15.3. The summed E-state index contributed by atoms with van der Waals surface area (Å²) in [7, 11) is 2.15. The predicted molar refractivity (Wildman–Crippen MR) is 72.7 cm³/mol. The number of aryl methyl sites for hydroxylation is 2. The molecule has 0 aliphatic carbocycles. The molecule has 88 valence electrons. The summed E-state index contributed by atoms with van der Waals surface area (Å²) in [5, 5.41) is 4.54. The molecule has 0 unspecified atom stereocenters. The third kappa shape index (κ3) is 2.18. The van der Waals surface area contributed by atoms with Crippen molar-refractivity contribution in [1.29, 1.82) is 0 Å². The summed E-state index contributed by atoms with van der Waals surface area (Å²) >= 11 is 0. The van der Waals surface area contributed by atoms with Crippen molar-refractivity contribution in [1.82, 2.24) is 14.8 Å². The molecule has 2 heterocycles. The molecule has 0 aromatic carbocycles. The van der Waals surface area contributed by atoms with Gasteiger partial charge in [0, 0.05) is 17.8 Å². The van der Waals surface area contributed by atoms with E-state index in [2.05, 4.69) is 24.9 Å². The molecule has 0 aliphatic rings. The molecule has 2 aromatic rings. The van der Waals surface area contributed by atoms with Crippen LogP contribution in [0, 0.1) is 13.8 Å². The molecular weight excluding hydrogens is 211 g/mol. The van der Waals surface area contributed by atoms with Crippen molar-refractivity contribution >= 4 is 13.5 Å². The molecule has 2 aromatic heterocycles. The Morgan fingerprint density at radius 2 is 2.12 bits per heavy atom. The highest BCUT2D eigenvalue weighted by molar-refractivity contribution is 6.08. The zero-order valence-corrected chi connectivity index (χ0v) is 10.6. The number of hydrogen-bond donors (Lipinski definition) is 1. The van der Waals surface area contributed by atoms with Crippen LogP contribution in [0.15, 0.2) is 18.3 Å². The zero-order valence-electron chi connectivity index (χ0n) is 10.6. The Morgan fingerprint density at radius 1 is 1.35 bits per heavy atom. The second-order valence-corrected chi connectivity index (χ2v) is 4.25. The summed E-state index contributed by atoms with van der Waals surface area (Å²) in [6.45, 7) is 5.05. The minimum Gasteiger partial charge on any atom is -0.397 e. The first-order chi connectivity index (χ1) is 8.13. The number of rotatable bonds is 3. The van der Waals surface area contributed by atoms with Gasteiger partial charge in [-0.15, -0.1) is 0 Å². The third-order valence-corrected chi connectivity index (χ3v) is 2.86. The Morgan fingerprint density at radius 3 is 2.71 bits per heavy atom. The summed E-state index contributed by atoms with van der Waals surface area (Å²) in [6.07, 6.45) is 2.77. The molecule has 5 heteroatoms. The molecular formula is C12H17BN4. The third-order valence-electron chi connectivity index (χ3n) is 2.86. The average Bonchev–Trinajstić information content (AvgIpc) is 2.57. The molecule has 2 rings (SSSR count). The Bertz CT molecular complexity index is 516. The molecule has 0 aliphatic heterocycles. The van der Waals surface area contributed by atoms with Crippen LogP contribution in [-0.2, 0) is 6.54 Å². The highest BCUT2D eigenvalue weighted by Gasteiger charge is 2.13. The van der Waals surface area contributed by atoms with Gasteiger partial charge in [-0.3, -0.25) is 9.67 Å². The summed E-state index contributed by atoms with van der Waals surface area (Å²) in [5.41, 5.74) is 10.6. The molecule has 17 heavy (non-hydrogen) atoms. The monoisotopic (exact) mass is 228 g/mol. The van der Waals surface area contributed by atoms with E-state index in [9.17, 15) is 0 Å². The molecule has 2 N–H and O–H groups in total. The zero-order chi connectivity index (χ0) is 12.4. The van der Waals surface area contributed by atoms with Gasteiger partial charge in [0.2, 0.25) is 0 Å². The lowest BCUT2D eigenvalue weighted by atomic mass is 10.1. The molecule has 0 saturated heterocycles. The molecule has 0 spiro atoms. The molecule has 0 atom stereocenters. The van der Waals surface area contributed by atoms with E-state index in [1.807, 2.05) is 23.7 Å². The molecule has 0 amide bonds. The van der Waals surface area contributed by atoms with Gasteiger partial charge < -0.3 is 5.73 Å². The SMILES string of the molecule is BCCn1nc(C)c(-c2ccc(N)cn2)c1C. The molecule has 0 saturated carbocycles. The largest absolute Gasteiger partial charge is 0.397 e. The van der Waals surface area contributed by atoms with Crippen molar-refractivity contribution in [2.45, 2.75) is 26.7 Å². The number of anilines is 1. The van der Waals surface area contributed by atoms with Crippen molar-refractivity contribution in [2.75, 3.05) is 5.73 Å². The summed E-state index contributed by atoms with van der Waals surface area (Å²) in [4.78, 5) is 4.37. The van der Waals surface area contributed by atoms with Crippen LogP contribution in [0.5, 0.6) is 0 Å². The van der Waals surface area contributed by atoms with E-state index < -0.39 is 0 Å². The van der Waals surface area contributed by atoms with Gasteiger partial charge >= 0.3 is 0 Å². The number of pyridine rings is 1. The second kappa shape index (κ2) is 4.61. The molecule has 4 nitrogen and oxygen atoms in total. The summed E-state index contributed by atoms with van der Waals surface area (Å²) < 4.78 is 2.04. The maximum Gasteiger partial charge on any atom is 0.103 e. The first kappa shape index (κ1) is 11.7. The van der Waals surface area contributed by atoms with E-state index >= 15 is 0 Å². The normalized spacial score (nSPS) is 10.7. The van der Waals surface area contributed by atoms with Gasteiger partial charge in [-0.05, 0) is 26.0 Å². The van der Waals surface area contributed by atoms with Gasteiger partial charge in [0.15, 0.2) is 0 Å². The van der Waals surface area contributed by atoms with E-state index in [0.717, 1.165) is 29.8 Å². The van der Waals surface area contributed by atoms with Crippen LogP contribution in [0.4, 0.5) is 5.69 Å². The number of aromatic nitrogens is 3. The number of nitrogens with two attached hydrogens (primary N) is 1.